The number of aliphatic hydroxyl groups excluding tert-OH is 1. The van der Waals surface area contributed by atoms with Crippen LogP contribution in [0.2, 0.25) is 0 Å². The van der Waals surface area contributed by atoms with Gasteiger partial charge in [-0.05, 0) is 66.9 Å². The number of sulfone groups is 1. The number of halogens is 2. The van der Waals surface area contributed by atoms with E-state index in [4.69, 9.17) is 9.57 Å². The van der Waals surface area contributed by atoms with Gasteiger partial charge < -0.3 is 25.3 Å². The Morgan fingerprint density at radius 3 is 2.32 bits per heavy atom. The molecule has 220 valence electrons. The molecule has 0 aromatic heterocycles. The summed E-state index contributed by atoms with van der Waals surface area (Å²) in [6.07, 6.45) is -0.286. The molecule has 41 heavy (non-hydrogen) atoms. The third-order valence-corrected chi connectivity index (χ3v) is 7.31. The predicted molar refractivity (Wildman–Crippen MR) is 151 cm³/mol. The summed E-state index contributed by atoms with van der Waals surface area (Å²) < 4.78 is 57.7. The van der Waals surface area contributed by atoms with E-state index in [9.17, 15) is 27.1 Å². The first-order valence-corrected chi connectivity index (χ1v) is 14.5. The van der Waals surface area contributed by atoms with Crippen LogP contribution in [0.25, 0.3) is 0 Å². The van der Waals surface area contributed by atoms with Gasteiger partial charge in [0.2, 0.25) is 0 Å². The predicted octanol–water partition coefficient (Wildman–Crippen LogP) is 3.24. The van der Waals surface area contributed by atoms with Crippen LogP contribution in [0.15, 0.2) is 70.7 Å². The molecule has 0 unspecified atom stereocenters. The summed E-state index contributed by atoms with van der Waals surface area (Å²) in [6, 6.07) is 13.3. The third-order valence-electron chi connectivity index (χ3n) is 6.22. The van der Waals surface area contributed by atoms with Gasteiger partial charge in [0.1, 0.15) is 24.5 Å². The number of aliphatic hydroxyl groups is 1. The fourth-order valence-electron chi connectivity index (χ4n) is 4.15. The normalized spacial score (nSPS) is 13.4. The summed E-state index contributed by atoms with van der Waals surface area (Å²) in [5, 5.41) is 20.7. The van der Waals surface area contributed by atoms with Crippen LogP contribution >= 0.6 is 0 Å². The lowest BCUT2D eigenvalue weighted by Gasteiger charge is -2.25. The van der Waals surface area contributed by atoms with Crippen LogP contribution in [0.1, 0.15) is 34.0 Å². The van der Waals surface area contributed by atoms with Gasteiger partial charge in [-0.15, -0.1) is 0 Å². The number of nitrogens with one attached hydrogen (secondary N) is 2. The molecule has 3 N–H and O–H groups in total. The largest absolute Gasteiger partial charge is 0.497 e. The average Bonchev–Trinajstić information content (AvgIpc) is 2.91. The van der Waals surface area contributed by atoms with Gasteiger partial charge in [-0.2, -0.15) is 0 Å². The number of benzene rings is 3. The molecule has 0 radical (unpaired) electrons. The second-order valence-corrected chi connectivity index (χ2v) is 11.5. The van der Waals surface area contributed by atoms with E-state index >= 15 is 0 Å². The third kappa shape index (κ3) is 9.34. The Labute approximate surface area is 238 Å². The van der Waals surface area contributed by atoms with Crippen LogP contribution in [-0.2, 0) is 27.6 Å². The van der Waals surface area contributed by atoms with E-state index in [2.05, 4.69) is 15.8 Å². The van der Waals surface area contributed by atoms with Gasteiger partial charge in [-0.25, -0.2) is 17.2 Å². The lowest BCUT2D eigenvalue weighted by molar-refractivity contribution is 0.0829. The molecule has 3 aromatic carbocycles. The van der Waals surface area contributed by atoms with Crippen LogP contribution in [0.5, 0.6) is 5.75 Å². The molecule has 0 spiro atoms. The lowest BCUT2D eigenvalue weighted by atomic mass is 9.99. The number of carbonyl (C=O) groups excluding carboxylic acids is 1. The molecule has 0 fully saturated rings. The van der Waals surface area contributed by atoms with Crippen LogP contribution in [0.3, 0.4) is 0 Å². The SMILES string of the molecule is CON=C(C)c1cc(C(=O)N[C@@H](Cc2cc(F)cc(F)c2)[C@H](O)CNCc2cccc(OC)c2)cc(S(C)(=O)=O)c1. The van der Waals surface area contributed by atoms with Crippen molar-refractivity contribution in [2.24, 2.45) is 5.16 Å². The first-order valence-electron chi connectivity index (χ1n) is 12.6. The Morgan fingerprint density at radius 1 is 1.00 bits per heavy atom. The number of amides is 1. The number of methoxy groups -OCH3 is 1. The van der Waals surface area contributed by atoms with E-state index < -0.39 is 39.5 Å². The van der Waals surface area contributed by atoms with Crippen molar-refractivity contribution in [3.8, 4) is 5.75 Å². The molecule has 12 heteroatoms. The second-order valence-electron chi connectivity index (χ2n) is 9.49. The van der Waals surface area contributed by atoms with E-state index in [-0.39, 0.29) is 29.0 Å². The zero-order valence-electron chi connectivity index (χ0n) is 23.1. The number of carbonyl (C=O) groups is 1. The minimum Gasteiger partial charge on any atom is -0.497 e. The highest BCUT2D eigenvalue weighted by molar-refractivity contribution is 7.90. The molecule has 2 atom stereocenters. The summed E-state index contributed by atoms with van der Waals surface area (Å²) in [7, 11) is -0.815. The van der Waals surface area contributed by atoms with Crippen molar-refractivity contribution >= 4 is 21.5 Å². The topological polar surface area (TPSA) is 126 Å². The van der Waals surface area contributed by atoms with E-state index in [1.165, 1.54) is 25.3 Å². The Kier molecular flexibility index (Phi) is 10.9. The summed E-state index contributed by atoms with van der Waals surface area (Å²) in [5.74, 6) is -1.62. The molecular weight excluding hydrogens is 556 g/mol. The number of nitrogens with zero attached hydrogens (tertiary/aromatic N) is 1. The smallest absolute Gasteiger partial charge is 0.251 e. The fourth-order valence-corrected chi connectivity index (χ4v) is 4.83. The lowest BCUT2D eigenvalue weighted by Crippen LogP contribution is -2.48. The highest BCUT2D eigenvalue weighted by Gasteiger charge is 2.24. The zero-order valence-corrected chi connectivity index (χ0v) is 24.0. The molecule has 0 aliphatic carbocycles. The number of hydrogen-bond donors (Lipinski definition) is 3. The molecule has 0 bridgehead atoms. The summed E-state index contributed by atoms with van der Waals surface area (Å²) in [6.45, 7) is 1.99. The number of hydrogen-bond acceptors (Lipinski definition) is 8. The molecule has 0 aliphatic rings. The summed E-state index contributed by atoms with van der Waals surface area (Å²) in [5.41, 5.74) is 1.76. The molecule has 0 saturated carbocycles. The van der Waals surface area contributed by atoms with Gasteiger partial charge in [0.05, 0.1) is 29.9 Å². The number of rotatable bonds is 13. The summed E-state index contributed by atoms with van der Waals surface area (Å²) in [4.78, 5) is 18.1. The molecule has 0 saturated heterocycles. The Hall–Kier alpha value is -3.87. The van der Waals surface area contributed by atoms with Crippen LogP contribution in [0, 0.1) is 11.6 Å². The first kappa shape index (κ1) is 31.7. The van der Waals surface area contributed by atoms with E-state index in [1.54, 1.807) is 20.1 Å². The van der Waals surface area contributed by atoms with Gasteiger partial charge in [0.25, 0.3) is 5.91 Å². The molecule has 1 amide bonds. The number of ether oxygens (including phenoxy) is 1. The van der Waals surface area contributed by atoms with Gasteiger partial charge in [-0.1, -0.05) is 17.3 Å². The Morgan fingerprint density at radius 2 is 1.68 bits per heavy atom. The average molecular weight is 590 g/mol. The van der Waals surface area contributed by atoms with Gasteiger partial charge >= 0.3 is 0 Å². The number of oxime groups is 1. The molecule has 0 aliphatic heterocycles. The highest BCUT2D eigenvalue weighted by Crippen LogP contribution is 2.18. The minimum atomic E-state index is -3.70. The Balaban J connectivity index is 1.87. The van der Waals surface area contributed by atoms with Gasteiger partial charge in [0, 0.05) is 36.5 Å². The molecule has 9 nitrogen and oxygen atoms in total. The van der Waals surface area contributed by atoms with Gasteiger partial charge in [-0.3, -0.25) is 4.79 Å². The van der Waals surface area contributed by atoms with Crippen molar-refractivity contribution in [3.63, 3.8) is 0 Å². The second kappa shape index (κ2) is 14.2. The Bertz CT molecular complexity index is 1490. The van der Waals surface area contributed by atoms with Crippen molar-refractivity contribution in [1.29, 1.82) is 0 Å². The molecule has 3 aromatic rings. The van der Waals surface area contributed by atoms with E-state index in [0.29, 0.717) is 23.6 Å². The first-order chi connectivity index (χ1) is 19.4. The highest BCUT2D eigenvalue weighted by atomic mass is 32.2. The summed E-state index contributed by atoms with van der Waals surface area (Å²) >= 11 is 0. The monoisotopic (exact) mass is 589 g/mol. The molecule has 0 heterocycles. The van der Waals surface area contributed by atoms with Crippen molar-refractivity contribution in [2.45, 2.75) is 36.9 Å². The van der Waals surface area contributed by atoms with E-state index in [0.717, 1.165) is 30.0 Å². The standard InChI is InChI=1S/C29H33F2N3O6S/c1-18(34-40-3)21-12-22(14-26(13-21)41(4,37)38)29(36)33-27(11-20-8-23(30)15-24(31)9-20)28(35)17-32-16-19-6-5-7-25(10-19)39-2/h5-10,12-15,27-28,32,35H,11,16-17H2,1-4H3,(H,33,36)/t27-,28+/m0/s1. The molecular formula is C29H33F2N3O6S. The van der Waals surface area contributed by atoms with Crippen molar-refractivity contribution in [1.82, 2.24) is 10.6 Å². The van der Waals surface area contributed by atoms with Gasteiger partial charge in [0.15, 0.2) is 9.84 Å². The quantitative estimate of drug-likeness (QED) is 0.206. The maximum atomic E-state index is 13.9. The molecule has 3 rings (SSSR count). The maximum Gasteiger partial charge on any atom is 0.251 e. The van der Waals surface area contributed by atoms with E-state index in [1.807, 2.05) is 18.2 Å². The van der Waals surface area contributed by atoms with Crippen molar-refractivity contribution < 1.29 is 36.7 Å². The van der Waals surface area contributed by atoms with Crippen LogP contribution < -0.4 is 15.4 Å². The fraction of sp³-hybridized carbons (Fsp3) is 0.310. The van der Waals surface area contributed by atoms with Crippen molar-refractivity contribution in [2.75, 3.05) is 27.0 Å². The van der Waals surface area contributed by atoms with Crippen LogP contribution in [0.4, 0.5) is 8.78 Å². The zero-order chi connectivity index (χ0) is 30.2. The minimum absolute atomic E-state index is 0.0134. The van der Waals surface area contributed by atoms with Crippen LogP contribution in [-0.4, -0.2) is 64.3 Å². The maximum absolute atomic E-state index is 13.9. The van der Waals surface area contributed by atoms with Crippen molar-refractivity contribution in [3.05, 3.63) is 94.6 Å².